The average molecular weight is 638 g/mol. The first-order valence-electron chi connectivity index (χ1n) is 15.8. The Morgan fingerprint density at radius 2 is 1.80 bits per heavy atom. The Kier molecular flexibility index (Phi) is 15.0. The summed E-state index contributed by atoms with van der Waals surface area (Å²) >= 11 is 0. The van der Waals surface area contributed by atoms with E-state index >= 15 is 0 Å². The van der Waals surface area contributed by atoms with Gasteiger partial charge in [-0.2, -0.15) is 5.10 Å². The van der Waals surface area contributed by atoms with Crippen LogP contribution in [0, 0.1) is 18.7 Å². The summed E-state index contributed by atoms with van der Waals surface area (Å²) in [7, 11) is 0. The maximum atomic E-state index is 13.7. The molecule has 0 fully saturated rings. The van der Waals surface area contributed by atoms with E-state index in [1.54, 1.807) is 16.8 Å². The van der Waals surface area contributed by atoms with Crippen molar-refractivity contribution in [3.8, 4) is 0 Å². The monoisotopic (exact) mass is 637 g/mol. The molecule has 0 aliphatic carbocycles. The Balaban J connectivity index is 0.00000136. The molecule has 9 heteroatoms. The first kappa shape index (κ1) is 38.0. The van der Waals surface area contributed by atoms with Crippen molar-refractivity contribution in [2.75, 3.05) is 0 Å². The van der Waals surface area contributed by atoms with Gasteiger partial charge in [0.1, 0.15) is 11.5 Å². The highest BCUT2D eigenvalue weighted by Crippen LogP contribution is 2.24. The van der Waals surface area contributed by atoms with Gasteiger partial charge in [-0.15, -0.1) is 6.58 Å². The zero-order valence-electron chi connectivity index (χ0n) is 28.4. The van der Waals surface area contributed by atoms with Gasteiger partial charge in [0, 0.05) is 18.2 Å². The van der Waals surface area contributed by atoms with Gasteiger partial charge < -0.3 is 10.6 Å². The van der Waals surface area contributed by atoms with Crippen LogP contribution >= 0.6 is 0 Å². The van der Waals surface area contributed by atoms with Gasteiger partial charge in [-0.25, -0.2) is 22.7 Å². The predicted octanol–water partition coefficient (Wildman–Crippen LogP) is 9.68. The topological polar surface area (TPSA) is 71.3 Å². The zero-order chi connectivity index (χ0) is 34.6. The van der Waals surface area contributed by atoms with E-state index in [0.29, 0.717) is 22.6 Å². The number of carbonyl (C=O) groups excluding carboxylic acids is 1. The van der Waals surface area contributed by atoms with Gasteiger partial charge >= 0.3 is 0 Å². The van der Waals surface area contributed by atoms with Crippen molar-refractivity contribution >= 4 is 17.3 Å². The molecule has 1 atom stereocenters. The first-order chi connectivity index (χ1) is 21.7. The van der Waals surface area contributed by atoms with E-state index in [1.165, 1.54) is 23.6 Å². The molecule has 2 N–H and O–H groups in total. The molecule has 6 nitrogen and oxygen atoms in total. The summed E-state index contributed by atoms with van der Waals surface area (Å²) in [4.78, 5) is 17.6. The summed E-state index contributed by atoms with van der Waals surface area (Å²) in [6.07, 6.45) is 5.39. The summed E-state index contributed by atoms with van der Waals surface area (Å²) in [5.74, 6) is -0.616. The normalized spacial score (nSPS) is 12.3. The van der Waals surface area contributed by atoms with Gasteiger partial charge in [0.05, 0.1) is 23.2 Å². The molecule has 46 heavy (non-hydrogen) atoms. The maximum Gasteiger partial charge on any atom is 0.270 e. The number of allylic oxidation sites excluding steroid dienone is 3. The highest BCUT2D eigenvalue weighted by molar-refractivity contribution is 5.93. The molecule has 2 aromatic heterocycles. The minimum Gasteiger partial charge on any atom is -0.381 e. The molecule has 0 spiro atoms. The quantitative estimate of drug-likeness (QED) is 0.129. The fraction of sp³-hybridized carbons (Fsp3) is 0.432. The number of aromatic nitrogens is 3. The molecule has 0 saturated heterocycles. The van der Waals surface area contributed by atoms with Gasteiger partial charge in [0.2, 0.25) is 0 Å². The Hall–Kier alpha value is -4.14. The fourth-order valence-electron chi connectivity index (χ4n) is 4.48. The van der Waals surface area contributed by atoms with Crippen molar-refractivity contribution in [3.05, 3.63) is 107 Å². The van der Waals surface area contributed by atoms with Crippen molar-refractivity contribution in [2.24, 2.45) is 5.92 Å². The highest BCUT2D eigenvalue weighted by atomic mass is 19.3. The molecular formula is C37H50F3N5O. The van der Waals surface area contributed by atoms with Gasteiger partial charge in [-0.3, -0.25) is 4.79 Å². The fourth-order valence-corrected chi connectivity index (χ4v) is 4.48. The van der Waals surface area contributed by atoms with Crippen LogP contribution in [0.2, 0.25) is 0 Å². The molecule has 2 heterocycles. The number of alkyl halides is 2. The number of fused-ring (bicyclic) bond motifs is 1. The van der Waals surface area contributed by atoms with E-state index in [9.17, 15) is 18.0 Å². The molecule has 3 aromatic rings. The van der Waals surface area contributed by atoms with E-state index < -0.39 is 23.7 Å². The van der Waals surface area contributed by atoms with Crippen molar-refractivity contribution in [1.29, 1.82) is 0 Å². The van der Waals surface area contributed by atoms with Crippen molar-refractivity contribution in [2.45, 2.75) is 99.6 Å². The second kappa shape index (κ2) is 18.1. The van der Waals surface area contributed by atoms with Crippen LogP contribution in [0.3, 0.4) is 0 Å². The number of amides is 1. The maximum absolute atomic E-state index is 13.7. The van der Waals surface area contributed by atoms with Crippen molar-refractivity contribution in [1.82, 2.24) is 25.2 Å². The SMILES string of the molecule is C=CCC(CCC/C(C)=C(\C)C(=C)C)NC(=C)c1cc(C(=O)NCc2ccc(F)c(C(F)F)c2)nc2c(C)cnn12.CCC(C)C. The van der Waals surface area contributed by atoms with Crippen LogP contribution in [-0.4, -0.2) is 26.5 Å². The minimum absolute atomic E-state index is 0.0672. The second-order valence-electron chi connectivity index (χ2n) is 12.2. The highest BCUT2D eigenvalue weighted by Gasteiger charge is 2.19. The number of nitrogens with one attached hydrogen (secondary N) is 2. The lowest BCUT2D eigenvalue weighted by Gasteiger charge is -2.21. The lowest BCUT2D eigenvalue weighted by molar-refractivity contribution is 0.0946. The van der Waals surface area contributed by atoms with Crippen molar-refractivity contribution < 1.29 is 18.0 Å². The van der Waals surface area contributed by atoms with Crippen LogP contribution in [0.1, 0.15) is 113 Å². The van der Waals surface area contributed by atoms with Crippen LogP contribution in [0.5, 0.6) is 0 Å². The largest absolute Gasteiger partial charge is 0.381 e. The summed E-state index contributed by atoms with van der Waals surface area (Å²) in [6, 6.07) is 5.03. The van der Waals surface area contributed by atoms with Crippen LogP contribution in [0.4, 0.5) is 13.2 Å². The van der Waals surface area contributed by atoms with Crippen LogP contribution in [0.25, 0.3) is 11.3 Å². The molecule has 0 bridgehead atoms. The molecule has 0 aliphatic heterocycles. The molecule has 1 unspecified atom stereocenters. The van der Waals surface area contributed by atoms with E-state index in [4.69, 9.17) is 0 Å². The molecule has 0 saturated carbocycles. The number of rotatable bonds is 15. The van der Waals surface area contributed by atoms with Crippen LogP contribution in [0.15, 0.2) is 73.0 Å². The van der Waals surface area contributed by atoms with E-state index in [0.717, 1.165) is 54.9 Å². The standard InChI is InChI=1S/C32H38F3N5O.C5H12/c1-8-10-25(12-9-11-20(4)22(6)19(2)3)38-23(7)29-16-28(39-31-21(5)17-37-40(29)31)32(41)36-18-24-13-14-27(33)26(15-24)30(34)35;1-4-5(2)3/h8,13-17,25,30,38H,1-2,7,9-12,18H2,3-6H3,(H,36,41);5H,4H2,1-3H3/b22-20+;. The number of benzene rings is 1. The molecule has 0 aliphatic rings. The molecule has 0 radical (unpaired) electrons. The van der Waals surface area contributed by atoms with Gasteiger partial charge in [0.25, 0.3) is 12.3 Å². The second-order valence-corrected chi connectivity index (χ2v) is 12.2. The number of carbonyl (C=O) groups is 1. The molecule has 250 valence electrons. The summed E-state index contributed by atoms with van der Waals surface area (Å²) in [5.41, 5.74) is 5.79. The lowest BCUT2D eigenvalue weighted by Crippen LogP contribution is -2.29. The number of hydrogen-bond acceptors (Lipinski definition) is 4. The number of halogens is 3. The third kappa shape index (κ3) is 11.0. The smallest absolute Gasteiger partial charge is 0.270 e. The van der Waals surface area contributed by atoms with E-state index in [-0.39, 0.29) is 18.3 Å². The molecule has 1 amide bonds. The third-order valence-electron chi connectivity index (χ3n) is 7.97. The number of nitrogens with zero attached hydrogens (tertiary/aromatic N) is 3. The Morgan fingerprint density at radius 3 is 2.39 bits per heavy atom. The number of hydrogen-bond donors (Lipinski definition) is 2. The van der Waals surface area contributed by atoms with Gasteiger partial charge in [-0.05, 0) is 88.6 Å². The van der Waals surface area contributed by atoms with Crippen LogP contribution < -0.4 is 10.6 Å². The van der Waals surface area contributed by atoms with E-state index in [2.05, 4.69) is 75.1 Å². The molecule has 3 rings (SSSR count). The third-order valence-corrected chi connectivity index (χ3v) is 7.97. The van der Waals surface area contributed by atoms with E-state index in [1.807, 2.05) is 19.9 Å². The Morgan fingerprint density at radius 1 is 1.13 bits per heavy atom. The number of aryl methyl sites for hydroxylation is 1. The first-order valence-corrected chi connectivity index (χ1v) is 15.8. The summed E-state index contributed by atoms with van der Waals surface area (Å²) in [5, 5.41) is 10.6. The molecule has 1 aromatic carbocycles. The summed E-state index contributed by atoms with van der Waals surface area (Å²) in [6.45, 7) is 26.8. The minimum atomic E-state index is -2.95. The summed E-state index contributed by atoms with van der Waals surface area (Å²) < 4.78 is 41.4. The Labute approximate surface area is 272 Å². The molecular weight excluding hydrogens is 587 g/mol. The van der Waals surface area contributed by atoms with Crippen LogP contribution in [-0.2, 0) is 6.54 Å². The lowest BCUT2D eigenvalue weighted by atomic mass is 9.98. The Bertz CT molecular complexity index is 1550. The predicted molar refractivity (Wildman–Crippen MR) is 183 cm³/mol. The van der Waals surface area contributed by atoms with Crippen molar-refractivity contribution in [3.63, 3.8) is 0 Å². The van der Waals surface area contributed by atoms with Gasteiger partial charge in [0.15, 0.2) is 5.65 Å². The van der Waals surface area contributed by atoms with Gasteiger partial charge in [-0.1, -0.05) is 63.6 Å². The zero-order valence-corrected chi connectivity index (χ0v) is 28.4. The average Bonchev–Trinajstić information content (AvgIpc) is 3.39.